The molecule has 0 bridgehead atoms. The molecule has 152 valence electrons. The van der Waals surface area contributed by atoms with Gasteiger partial charge >= 0.3 is 5.97 Å². The maximum absolute atomic E-state index is 13.7. The van der Waals surface area contributed by atoms with Gasteiger partial charge in [0, 0.05) is 17.0 Å². The average molecular weight is 408 g/mol. The summed E-state index contributed by atoms with van der Waals surface area (Å²) >= 11 is 0. The van der Waals surface area contributed by atoms with E-state index in [1.54, 1.807) is 6.07 Å². The van der Waals surface area contributed by atoms with Crippen molar-refractivity contribution in [2.45, 2.75) is 32.3 Å². The van der Waals surface area contributed by atoms with Gasteiger partial charge in [0.05, 0.1) is 24.3 Å². The second-order valence-electron chi connectivity index (χ2n) is 7.23. The van der Waals surface area contributed by atoms with Crippen LogP contribution in [0.15, 0.2) is 45.3 Å². The highest BCUT2D eigenvalue weighted by Crippen LogP contribution is 2.55. The first-order chi connectivity index (χ1) is 13.8. The SMILES string of the molecule is C[C@@]12CCCC(/C=N/Nc3c(F)c(F)cc(F)c3F)=C1C(=O)O[C@H]2c1ccoc1. The predicted octanol–water partition coefficient (Wildman–Crippen LogP) is 5.02. The minimum atomic E-state index is -1.59. The molecule has 29 heavy (non-hydrogen) atoms. The molecule has 2 atom stereocenters. The Morgan fingerprint density at radius 1 is 1.24 bits per heavy atom. The third-order valence-corrected chi connectivity index (χ3v) is 5.40. The van der Waals surface area contributed by atoms with Gasteiger partial charge < -0.3 is 9.15 Å². The highest BCUT2D eigenvalue weighted by atomic mass is 19.2. The van der Waals surface area contributed by atoms with Crippen LogP contribution in [-0.4, -0.2) is 12.2 Å². The number of allylic oxidation sites excluding steroid dienone is 1. The molecule has 1 aliphatic carbocycles. The lowest BCUT2D eigenvalue weighted by Crippen LogP contribution is -2.27. The van der Waals surface area contributed by atoms with E-state index < -0.39 is 46.4 Å². The molecule has 0 spiro atoms. The monoisotopic (exact) mass is 408 g/mol. The van der Waals surface area contributed by atoms with E-state index in [0.29, 0.717) is 24.0 Å². The molecule has 5 nitrogen and oxygen atoms in total. The van der Waals surface area contributed by atoms with Crippen molar-refractivity contribution in [3.63, 3.8) is 0 Å². The topological polar surface area (TPSA) is 63.8 Å². The van der Waals surface area contributed by atoms with E-state index in [1.165, 1.54) is 18.7 Å². The summed E-state index contributed by atoms with van der Waals surface area (Å²) in [5.41, 5.74) is 2.00. The van der Waals surface area contributed by atoms with Gasteiger partial charge in [0.1, 0.15) is 11.8 Å². The van der Waals surface area contributed by atoms with Crippen LogP contribution in [0.25, 0.3) is 0 Å². The second-order valence-corrected chi connectivity index (χ2v) is 7.23. The van der Waals surface area contributed by atoms with E-state index in [9.17, 15) is 22.4 Å². The van der Waals surface area contributed by atoms with Crippen molar-refractivity contribution >= 4 is 17.9 Å². The van der Waals surface area contributed by atoms with Crippen LogP contribution in [0.3, 0.4) is 0 Å². The Bertz CT molecular complexity index is 1010. The lowest BCUT2D eigenvalue weighted by molar-refractivity contribution is -0.140. The summed E-state index contributed by atoms with van der Waals surface area (Å²) < 4.78 is 64.7. The van der Waals surface area contributed by atoms with E-state index in [-0.39, 0.29) is 6.07 Å². The van der Waals surface area contributed by atoms with Gasteiger partial charge in [-0.15, -0.1) is 0 Å². The molecule has 1 aliphatic heterocycles. The Hall–Kier alpha value is -3.10. The van der Waals surface area contributed by atoms with Crippen molar-refractivity contribution < 1.29 is 31.5 Å². The number of hydrazone groups is 1. The number of nitrogens with zero attached hydrogens (tertiary/aromatic N) is 1. The first-order valence-corrected chi connectivity index (χ1v) is 8.91. The summed E-state index contributed by atoms with van der Waals surface area (Å²) in [6, 6.07) is 1.83. The zero-order chi connectivity index (χ0) is 20.8. The van der Waals surface area contributed by atoms with Crippen LogP contribution in [0.5, 0.6) is 0 Å². The van der Waals surface area contributed by atoms with Gasteiger partial charge in [-0.1, -0.05) is 6.92 Å². The van der Waals surface area contributed by atoms with Crippen molar-refractivity contribution in [1.82, 2.24) is 0 Å². The summed E-state index contributed by atoms with van der Waals surface area (Å²) in [6.07, 6.45) is 5.62. The molecule has 1 N–H and O–H groups in total. The molecule has 0 unspecified atom stereocenters. The van der Waals surface area contributed by atoms with Crippen LogP contribution in [0.4, 0.5) is 23.2 Å². The van der Waals surface area contributed by atoms with Gasteiger partial charge in [-0.3, -0.25) is 5.43 Å². The van der Waals surface area contributed by atoms with Crippen LogP contribution in [0, 0.1) is 28.7 Å². The Labute approximate surface area is 163 Å². The number of rotatable bonds is 4. The summed E-state index contributed by atoms with van der Waals surface area (Å²) in [7, 11) is 0. The van der Waals surface area contributed by atoms with Crippen LogP contribution in [0.2, 0.25) is 0 Å². The number of hydrogen-bond acceptors (Lipinski definition) is 5. The first kappa shape index (κ1) is 19.2. The zero-order valence-electron chi connectivity index (χ0n) is 15.3. The van der Waals surface area contributed by atoms with Crippen molar-refractivity contribution in [3.05, 3.63) is 64.6 Å². The highest BCUT2D eigenvalue weighted by Gasteiger charge is 2.53. The van der Waals surface area contributed by atoms with Gasteiger partial charge in [0.25, 0.3) is 0 Å². The third kappa shape index (κ3) is 3.10. The standard InChI is InChI=1S/C20H16F4N2O3/c1-20-5-2-3-10(14(20)19(27)29-18(20)11-4-6-28-9-11)8-25-26-17-15(23)12(21)7-13(22)16(17)24/h4,6-9,18,26H,2-3,5H2,1H3/b25-8+/t18-,20+/m0/s1. The van der Waals surface area contributed by atoms with Gasteiger partial charge in [-0.2, -0.15) is 5.10 Å². The van der Waals surface area contributed by atoms with Crippen molar-refractivity contribution in [3.8, 4) is 0 Å². The predicted molar refractivity (Wildman–Crippen MR) is 94.9 cm³/mol. The fraction of sp³-hybridized carbons (Fsp3) is 0.300. The summed E-state index contributed by atoms with van der Waals surface area (Å²) in [5, 5.41) is 3.71. The van der Waals surface area contributed by atoms with Crippen LogP contribution in [0.1, 0.15) is 37.9 Å². The minimum Gasteiger partial charge on any atom is -0.472 e. The number of halogens is 4. The number of fused-ring (bicyclic) bond motifs is 1. The number of carbonyl (C=O) groups is 1. The molecule has 2 aromatic rings. The second kappa shape index (κ2) is 7.06. The molecule has 1 saturated heterocycles. The van der Waals surface area contributed by atoms with Crippen molar-refractivity contribution in [2.24, 2.45) is 10.5 Å². The van der Waals surface area contributed by atoms with E-state index in [2.05, 4.69) is 5.10 Å². The smallest absolute Gasteiger partial charge is 0.335 e. The number of benzene rings is 1. The van der Waals surface area contributed by atoms with E-state index in [4.69, 9.17) is 9.15 Å². The maximum Gasteiger partial charge on any atom is 0.335 e. The molecule has 2 heterocycles. The van der Waals surface area contributed by atoms with Gasteiger partial charge in [-0.25, -0.2) is 22.4 Å². The number of nitrogens with one attached hydrogen (secondary N) is 1. The zero-order valence-corrected chi connectivity index (χ0v) is 15.3. The number of esters is 1. The Morgan fingerprint density at radius 3 is 2.62 bits per heavy atom. The fourth-order valence-electron chi connectivity index (χ4n) is 4.02. The summed E-state index contributed by atoms with van der Waals surface area (Å²) in [5.74, 6) is -6.78. The highest BCUT2D eigenvalue weighted by molar-refractivity contribution is 6.00. The molecule has 9 heteroatoms. The van der Waals surface area contributed by atoms with Gasteiger partial charge in [-0.05, 0) is 30.9 Å². The molecule has 1 aromatic carbocycles. The number of carbonyl (C=O) groups excluding carboxylic acids is 1. The third-order valence-electron chi connectivity index (χ3n) is 5.40. The Morgan fingerprint density at radius 2 is 1.97 bits per heavy atom. The molecule has 4 rings (SSSR count). The number of ether oxygens (including phenoxy) is 1. The van der Waals surface area contributed by atoms with Crippen molar-refractivity contribution in [1.29, 1.82) is 0 Å². The van der Waals surface area contributed by atoms with Crippen LogP contribution < -0.4 is 5.43 Å². The normalized spacial score (nSPS) is 24.2. The molecular formula is C20H16F4N2O3. The summed E-state index contributed by atoms with van der Waals surface area (Å²) in [4.78, 5) is 12.5. The van der Waals surface area contributed by atoms with Crippen LogP contribution >= 0.6 is 0 Å². The first-order valence-electron chi connectivity index (χ1n) is 8.91. The molecule has 0 amide bonds. The number of anilines is 1. The molecule has 1 fully saturated rings. The van der Waals surface area contributed by atoms with E-state index in [0.717, 1.165) is 12.0 Å². The lowest BCUT2D eigenvalue weighted by Gasteiger charge is -2.33. The lowest BCUT2D eigenvalue weighted by atomic mass is 9.68. The number of furan rings is 1. The van der Waals surface area contributed by atoms with Crippen molar-refractivity contribution in [2.75, 3.05) is 5.43 Å². The maximum atomic E-state index is 13.7. The van der Waals surface area contributed by atoms with Crippen LogP contribution in [-0.2, 0) is 9.53 Å². The summed E-state index contributed by atoms with van der Waals surface area (Å²) in [6.45, 7) is 1.90. The minimum absolute atomic E-state index is 0.112. The van der Waals surface area contributed by atoms with E-state index in [1.807, 2.05) is 12.3 Å². The molecule has 1 aromatic heterocycles. The quantitative estimate of drug-likeness (QED) is 0.254. The molecule has 2 aliphatic rings. The van der Waals surface area contributed by atoms with Gasteiger partial charge in [0.15, 0.2) is 23.3 Å². The molecule has 0 saturated carbocycles. The Kier molecular flexibility index (Phi) is 4.68. The average Bonchev–Trinajstić information content (AvgIpc) is 3.29. The van der Waals surface area contributed by atoms with E-state index >= 15 is 0 Å². The molecule has 0 radical (unpaired) electrons. The number of cyclic esters (lactones) is 1. The number of hydrogen-bond donors (Lipinski definition) is 1. The van der Waals surface area contributed by atoms with Gasteiger partial charge in [0.2, 0.25) is 0 Å². The largest absolute Gasteiger partial charge is 0.472 e. The fourth-order valence-corrected chi connectivity index (χ4v) is 4.02. The molecular weight excluding hydrogens is 392 g/mol. The Balaban J connectivity index is 1.66.